The van der Waals surface area contributed by atoms with Crippen LogP contribution in [0.4, 0.5) is 0 Å². The number of rotatable bonds is 7. The SMILES string of the molecule is CCCOC(=O)CCc1cc2c(C)cc(=O)oc2cc1OC(=O)c1ccccc1C. The van der Waals surface area contributed by atoms with Crippen molar-refractivity contribution in [2.45, 2.75) is 40.0 Å². The fraction of sp³-hybridized carbons (Fsp3) is 0.292. The number of hydrogen-bond acceptors (Lipinski definition) is 6. The summed E-state index contributed by atoms with van der Waals surface area (Å²) in [4.78, 5) is 36.5. The van der Waals surface area contributed by atoms with Crippen LogP contribution in [0.2, 0.25) is 0 Å². The van der Waals surface area contributed by atoms with Gasteiger partial charge in [0.25, 0.3) is 0 Å². The average molecular weight is 408 g/mol. The predicted octanol–water partition coefficient (Wildman–Crippen LogP) is 4.51. The average Bonchev–Trinajstić information content (AvgIpc) is 2.71. The Labute approximate surface area is 174 Å². The van der Waals surface area contributed by atoms with E-state index in [0.717, 1.165) is 22.9 Å². The lowest BCUT2D eigenvalue weighted by atomic mass is 10.0. The van der Waals surface area contributed by atoms with Crippen molar-refractivity contribution in [2.24, 2.45) is 0 Å². The maximum atomic E-state index is 12.7. The topological polar surface area (TPSA) is 82.8 Å². The summed E-state index contributed by atoms with van der Waals surface area (Å²) >= 11 is 0. The van der Waals surface area contributed by atoms with E-state index < -0.39 is 11.6 Å². The van der Waals surface area contributed by atoms with E-state index in [1.807, 2.05) is 26.0 Å². The zero-order valence-electron chi connectivity index (χ0n) is 17.3. The van der Waals surface area contributed by atoms with Gasteiger partial charge in [0.2, 0.25) is 0 Å². The summed E-state index contributed by atoms with van der Waals surface area (Å²) in [5.41, 5.74) is 2.48. The third-order valence-electron chi connectivity index (χ3n) is 4.77. The number of benzene rings is 2. The summed E-state index contributed by atoms with van der Waals surface area (Å²) in [7, 11) is 0. The summed E-state index contributed by atoms with van der Waals surface area (Å²) in [5.74, 6) is -0.575. The number of ether oxygens (including phenoxy) is 2. The second-order valence-corrected chi connectivity index (χ2v) is 7.13. The summed E-state index contributed by atoms with van der Waals surface area (Å²) in [6.45, 7) is 5.92. The van der Waals surface area contributed by atoms with Crippen molar-refractivity contribution in [1.82, 2.24) is 0 Å². The van der Waals surface area contributed by atoms with Crippen LogP contribution in [-0.4, -0.2) is 18.5 Å². The molecule has 6 heteroatoms. The van der Waals surface area contributed by atoms with Crippen LogP contribution in [0.15, 0.2) is 51.7 Å². The van der Waals surface area contributed by atoms with Gasteiger partial charge in [-0.3, -0.25) is 4.79 Å². The molecule has 1 aromatic heterocycles. The molecule has 1 heterocycles. The number of hydrogen-bond donors (Lipinski definition) is 0. The third kappa shape index (κ3) is 4.95. The van der Waals surface area contributed by atoms with Gasteiger partial charge in [0.05, 0.1) is 12.2 Å². The smallest absolute Gasteiger partial charge is 0.343 e. The minimum atomic E-state index is -0.516. The summed E-state index contributed by atoms with van der Waals surface area (Å²) in [6, 6.07) is 11.8. The Morgan fingerprint density at radius 1 is 1.03 bits per heavy atom. The van der Waals surface area contributed by atoms with Gasteiger partial charge in [0, 0.05) is 23.9 Å². The number of esters is 2. The first-order valence-electron chi connectivity index (χ1n) is 9.90. The van der Waals surface area contributed by atoms with Crippen LogP contribution < -0.4 is 10.4 Å². The second kappa shape index (κ2) is 9.39. The molecule has 30 heavy (non-hydrogen) atoms. The zero-order valence-corrected chi connectivity index (χ0v) is 17.3. The van der Waals surface area contributed by atoms with Crippen LogP contribution in [0, 0.1) is 13.8 Å². The largest absolute Gasteiger partial charge is 0.466 e. The highest BCUT2D eigenvalue weighted by atomic mass is 16.5. The van der Waals surface area contributed by atoms with Crippen molar-refractivity contribution in [2.75, 3.05) is 6.61 Å². The van der Waals surface area contributed by atoms with Gasteiger partial charge in [0.15, 0.2) is 0 Å². The molecule has 0 unspecified atom stereocenters. The summed E-state index contributed by atoms with van der Waals surface area (Å²) in [5, 5.41) is 0.724. The van der Waals surface area contributed by atoms with Gasteiger partial charge in [0.1, 0.15) is 11.3 Å². The molecule has 0 aliphatic carbocycles. The Kier molecular flexibility index (Phi) is 6.67. The minimum absolute atomic E-state index is 0.149. The second-order valence-electron chi connectivity index (χ2n) is 7.13. The van der Waals surface area contributed by atoms with E-state index in [9.17, 15) is 14.4 Å². The minimum Gasteiger partial charge on any atom is -0.466 e. The molecule has 0 bridgehead atoms. The van der Waals surface area contributed by atoms with Crippen LogP contribution >= 0.6 is 0 Å². The van der Waals surface area contributed by atoms with Crippen molar-refractivity contribution in [3.63, 3.8) is 0 Å². The standard InChI is InChI=1S/C24H24O6/c1-4-11-28-22(25)10-9-17-13-19-16(3)12-23(26)29-21(19)14-20(17)30-24(27)18-8-6-5-7-15(18)2/h5-8,12-14H,4,9-11H2,1-3H3. The molecule has 0 fully saturated rings. The normalized spacial score (nSPS) is 10.8. The fourth-order valence-corrected chi connectivity index (χ4v) is 3.16. The van der Waals surface area contributed by atoms with Crippen molar-refractivity contribution in [3.8, 4) is 5.75 Å². The van der Waals surface area contributed by atoms with Gasteiger partial charge in [-0.05, 0) is 55.5 Å². The highest BCUT2D eigenvalue weighted by Crippen LogP contribution is 2.29. The van der Waals surface area contributed by atoms with Gasteiger partial charge in [-0.15, -0.1) is 0 Å². The zero-order chi connectivity index (χ0) is 21.7. The number of fused-ring (bicyclic) bond motifs is 1. The molecule has 0 saturated carbocycles. The molecule has 0 amide bonds. The number of aryl methyl sites for hydroxylation is 3. The Morgan fingerprint density at radius 3 is 2.53 bits per heavy atom. The third-order valence-corrected chi connectivity index (χ3v) is 4.77. The van der Waals surface area contributed by atoms with E-state index in [1.165, 1.54) is 12.1 Å². The lowest BCUT2D eigenvalue weighted by Crippen LogP contribution is -2.12. The molecule has 2 aromatic carbocycles. The predicted molar refractivity (Wildman–Crippen MR) is 113 cm³/mol. The molecule has 3 rings (SSSR count). The molecule has 0 radical (unpaired) electrons. The number of carbonyl (C=O) groups is 2. The van der Waals surface area contributed by atoms with E-state index >= 15 is 0 Å². The quantitative estimate of drug-likeness (QED) is 0.325. The van der Waals surface area contributed by atoms with E-state index in [2.05, 4.69) is 0 Å². The molecular formula is C24H24O6. The number of carbonyl (C=O) groups excluding carboxylic acids is 2. The Morgan fingerprint density at radius 2 is 1.80 bits per heavy atom. The molecule has 0 N–H and O–H groups in total. The highest BCUT2D eigenvalue weighted by Gasteiger charge is 2.17. The first-order chi connectivity index (χ1) is 14.4. The monoisotopic (exact) mass is 408 g/mol. The molecule has 0 saturated heterocycles. The van der Waals surface area contributed by atoms with Gasteiger partial charge < -0.3 is 13.9 Å². The molecule has 156 valence electrons. The maximum absolute atomic E-state index is 12.7. The first kappa shape index (κ1) is 21.3. The van der Waals surface area contributed by atoms with Crippen LogP contribution in [0.3, 0.4) is 0 Å². The van der Waals surface area contributed by atoms with Crippen molar-refractivity contribution < 1.29 is 23.5 Å². The highest BCUT2D eigenvalue weighted by molar-refractivity contribution is 5.93. The lowest BCUT2D eigenvalue weighted by Gasteiger charge is -2.13. The molecule has 6 nitrogen and oxygen atoms in total. The van der Waals surface area contributed by atoms with E-state index in [4.69, 9.17) is 13.9 Å². The van der Waals surface area contributed by atoms with Gasteiger partial charge >= 0.3 is 17.6 Å². The van der Waals surface area contributed by atoms with Gasteiger partial charge in [-0.1, -0.05) is 25.1 Å². The Hall–Kier alpha value is -3.41. The van der Waals surface area contributed by atoms with E-state index in [1.54, 1.807) is 25.1 Å². The van der Waals surface area contributed by atoms with Crippen molar-refractivity contribution in [3.05, 3.63) is 75.1 Å². The first-order valence-corrected chi connectivity index (χ1v) is 9.90. The lowest BCUT2D eigenvalue weighted by molar-refractivity contribution is -0.143. The fourth-order valence-electron chi connectivity index (χ4n) is 3.16. The van der Waals surface area contributed by atoms with Crippen LogP contribution in [-0.2, 0) is 16.0 Å². The van der Waals surface area contributed by atoms with E-state index in [0.29, 0.717) is 29.7 Å². The van der Waals surface area contributed by atoms with E-state index in [-0.39, 0.29) is 18.1 Å². The molecule has 0 spiro atoms. The van der Waals surface area contributed by atoms with Crippen LogP contribution in [0.5, 0.6) is 5.75 Å². The molecule has 3 aromatic rings. The van der Waals surface area contributed by atoms with Crippen molar-refractivity contribution >= 4 is 22.9 Å². The van der Waals surface area contributed by atoms with Crippen molar-refractivity contribution in [1.29, 1.82) is 0 Å². The molecular weight excluding hydrogens is 384 g/mol. The molecule has 0 aliphatic heterocycles. The molecule has 0 aliphatic rings. The molecule has 0 atom stereocenters. The summed E-state index contributed by atoms with van der Waals surface area (Å²) < 4.78 is 16.1. The maximum Gasteiger partial charge on any atom is 0.343 e. The van der Waals surface area contributed by atoms with Gasteiger partial charge in [-0.2, -0.15) is 0 Å². The summed E-state index contributed by atoms with van der Waals surface area (Å²) in [6.07, 6.45) is 1.23. The van der Waals surface area contributed by atoms with Crippen LogP contribution in [0.25, 0.3) is 11.0 Å². The Balaban J connectivity index is 1.97. The Bertz CT molecular complexity index is 1140. The van der Waals surface area contributed by atoms with Crippen LogP contribution in [0.1, 0.15) is 46.8 Å². The van der Waals surface area contributed by atoms with Gasteiger partial charge in [-0.25, -0.2) is 9.59 Å².